The maximum absolute atomic E-state index is 13.5. The molecule has 0 bridgehead atoms. The fourth-order valence-corrected chi connectivity index (χ4v) is 4.29. The highest BCUT2D eigenvalue weighted by Gasteiger charge is 2.36. The molecule has 9 heteroatoms. The number of halogens is 2. The van der Waals surface area contributed by atoms with Gasteiger partial charge in [-0.15, -0.1) is 11.6 Å². The molecule has 2 rings (SSSR count). The maximum Gasteiger partial charge on any atom is 0.322 e. The van der Waals surface area contributed by atoms with Gasteiger partial charge in [0, 0.05) is 13.0 Å². The largest absolute Gasteiger partial charge is 0.492 e. The molecular weight excluding hydrogens is 421 g/mol. The lowest BCUT2D eigenvalue weighted by Crippen LogP contribution is -2.44. The second-order valence-electron chi connectivity index (χ2n) is 6.12. The van der Waals surface area contributed by atoms with E-state index in [1.54, 1.807) is 30.3 Å². The minimum Gasteiger partial charge on any atom is -0.492 e. The molecule has 0 saturated carbocycles. The van der Waals surface area contributed by atoms with Crippen LogP contribution in [0.2, 0.25) is 0 Å². The highest BCUT2D eigenvalue weighted by atomic mass is 35.5. The second-order valence-corrected chi connectivity index (χ2v) is 8.39. The SMILES string of the molecule is C=C(F)C[C@H](C(=O)O)N(Cc1ccccc1)S(=O)(=O)c1ccc(OCCCl)cc1. The van der Waals surface area contributed by atoms with Gasteiger partial charge in [-0.05, 0) is 29.8 Å². The highest BCUT2D eigenvalue weighted by Crippen LogP contribution is 2.26. The van der Waals surface area contributed by atoms with E-state index in [0.717, 1.165) is 4.31 Å². The summed E-state index contributed by atoms with van der Waals surface area (Å²) in [5.74, 6) is -1.69. The van der Waals surface area contributed by atoms with Crippen LogP contribution in [-0.4, -0.2) is 42.3 Å². The first-order valence-electron chi connectivity index (χ1n) is 8.66. The van der Waals surface area contributed by atoms with Gasteiger partial charge in [0.15, 0.2) is 0 Å². The molecule has 1 atom stereocenters. The first-order valence-corrected chi connectivity index (χ1v) is 10.6. The van der Waals surface area contributed by atoms with Crippen LogP contribution in [0.4, 0.5) is 4.39 Å². The van der Waals surface area contributed by atoms with Crippen molar-refractivity contribution in [2.45, 2.75) is 23.9 Å². The molecule has 1 N–H and O–H groups in total. The molecule has 6 nitrogen and oxygen atoms in total. The van der Waals surface area contributed by atoms with Crippen molar-refractivity contribution in [3.05, 3.63) is 72.6 Å². The monoisotopic (exact) mass is 441 g/mol. The highest BCUT2D eigenvalue weighted by molar-refractivity contribution is 7.89. The molecule has 2 aromatic carbocycles. The molecule has 2 aromatic rings. The van der Waals surface area contributed by atoms with E-state index in [1.807, 2.05) is 0 Å². The molecule has 0 spiro atoms. The van der Waals surface area contributed by atoms with Crippen molar-refractivity contribution in [2.24, 2.45) is 0 Å². The van der Waals surface area contributed by atoms with Gasteiger partial charge in [0.05, 0.1) is 16.6 Å². The number of benzene rings is 2. The van der Waals surface area contributed by atoms with Crippen molar-refractivity contribution in [1.82, 2.24) is 4.31 Å². The topological polar surface area (TPSA) is 83.9 Å². The Morgan fingerprint density at radius 2 is 1.79 bits per heavy atom. The van der Waals surface area contributed by atoms with Gasteiger partial charge >= 0.3 is 5.97 Å². The van der Waals surface area contributed by atoms with Crippen LogP contribution in [0.1, 0.15) is 12.0 Å². The summed E-state index contributed by atoms with van der Waals surface area (Å²) in [6.45, 7) is 3.10. The van der Waals surface area contributed by atoms with Gasteiger partial charge in [0.25, 0.3) is 0 Å². The molecule has 0 radical (unpaired) electrons. The fraction of sp³-hybridized carbons (Fsp3) is 0.250. The summed E-state index contributed by atoms with van der Waals surface area (Å²) in [6, 6.07) is 12.3. The predicted molar refractivity (Wildman–Crippen MR) is 108 cm³/mol. The number of carboxylic acids is 1. The van der Waals surface area contributed by atoms with Crippen LogP contribution in [0.5, 0.6) is 5.75 Å². The molecule has 0 aromatic heterocycles. The minimum atomic E-state index is -4.26. The number of ether oxygens (including phenoxy) is 1. The molecule has 0 saturated heterocycles. The van der Waals surface area contributed by atoms with Gasteiger partial charge in [-0.3, -0.25) is 4.79 Å². The standard InChI is InChI=1S/C20H21ClFNO5S/c1-15(22)13-19(20(24)25)23(14-16-5-3-2-4-6-16)29(26,27)18-9-7-17(8-10-18)28-12-11-21/h2-10,19H,1,11-14H2,(H,24,25)/t19-/m1/s1. The number of rotatable bonds is 11. The third-order valence-electron chi connectivity index (χ3n) is 4.00. The summed E-state index contributed by atoms with van der Waals surface area (Å²) in [5.41, 5.74) is 0.564. The van der Waals surface area contributed by atoms with E-state index in [4.69, 9.17) is 16.3 Å². The smallest absolute Gasteiger partial charge is 0.322 e. The van der Waals surface area contributed by atoms with Crippen molar-refractivity contribution in [3.63, 3.8) is 0 Å². The van der Waals surface area contributed by atoms with Crippen LogP contribution >= 0.6 is 11.6 Å². The Kier molecular flexibility index (Phi) is 8.19. The third-order valence-corrected chi connectivity index (χ3v) is 6.03. The number of carboxylic acid groups (broad SMARTS) is 1. The zero-order valence-electron chi connectivity index (χ0n) is 15.5. The lowest BCUT2D eigenvalue weighted by molar-refractivity contribution is -0.141. The van der Waals surface area contributed by atoms with E-state index in [9.17, 15) is 22.7 Å². The number of carbonyl (C=O) groups is 1. The number of aliphatic carboxylic acids is 1. The summed E-state index contributed by atoms with van der Waals surface area (Å²) in [5, 5.41) is 9.58. The van der Waals surface area contributed by atoms with E-state index in [2.05, 4.69) is 6.58 Å². The van der Waals surface area contributed by atoms with Crippen LogP contribution < -0.4 is 4.74 Å². The summed E-state index contributed by atoms with van der Waals surface area (Å²) in [7, 11) is -4.26. The summed E-state index contributed by atoms with van der Waals surface area (Å²) in [6.07, 6.45) is -0.654. The van der Waals surface area contributed by atoms with Crippen molar-refractivity contribution >= 4 is 27.6 Å². The first-order chi connectivity index (χ1) is 13.8. The second kappa shape index (κ2) is 10.4. The lowest BCUT2D eigenvalue weighted by Gasteiger charge is -2.28. The van der Waals surface area contributed by atoms with Crippen molar-refractivity contribution < 1.29 is 27.4 Å². The molecule has 0 unspecified atom stereocenters. The fourth-order valence-electron chi connectivity index (χ4n) is 2.65. The Balaban J connectivity index is 2.44. The Morgan fingerprint density at radius 1 is 1.17 bits per heavy atom. The number of hydrogen-bond acceptors (Lipinski definition) is 4. The molecule has 0 heterocycles. The Bertz CT molecular complexity index is 935. The number of sulfonamides is 1. The van der Waals surface area contributed by atoms with Gasteiger partial charge in [-0.1, -0.05) is 36.9 Å². The zero-order chi connectivity index (χ0) is 21.4. The van der Waals surface area contributed by atoms with Gasteiger partial charge in [0.1, 0.15) is 18.4 Å². The average molecular weight is 442 g/mol. The van der Waals surface area contributed by atoms with Gasteiger partial charge < -0.3 is 9.84 Å². The Labute approximate surface area is 174 Å². The minimum absolute atomic E-state index is 0.137. The number of alkyl halides is 1. The van der Waals surface area contributed by atoms with Crippen LogP contribution in [0.15, 0.2) is 71.9 Å². The van der Waals surface area contributed by atoms with E-state index >= 15 is 0 Å². The van der Waals surface area contributed by atoms with E-state index in [1.165, 1.54) is 24.3 Å². The van der Waals surface area contributed by atoms with Crippen molar-refractivity contribution in [3.8, 4) is 5.75 Å². The average Bonchev–Trinajstić information content (AvgIpc) is 2.69. The van der Waals surface area contributed by atoms with E-state index in [0.29, 0.717) is 11.3 Å². The third kappa shape index (κ3) is 6.28. The molecule has 0 aliphatic rings. The normalized spacial score (nSPS) is 12.5. The summed E-state index contributed by atoms with van der Waals surface area (Å²) < 4.78 is 46.0. The number of hydrogen-bond donors (Lipinski definition) is 1. The Morgan fingerprint density at radius 3 is 2.31 bits per heavy atom. The molecule has 0 fully saturated rings. The first kappa shape index (κ1) is 22.9. The summed E-state index contributed by atoms with van der Waals surface area (Å²) >= 11 is 5.56. The van der Waals surface area contributed by atoms with Crippen molar-refractivity contribution in [1.29, 1.82) is 0 Å². The maximum atomic E-state index is 13.5. The van der Waals surface area contributed by atoms with Crippen LogP contribution in [-0.2, 0) is 21.4 Å². The van der Waals surface area contributed by atoms with E-state index < -0.39 is 34.3 Å². The van der Waals surface area contributed by atoms with E-state index in [-0.39, 0.29) is 23.9 Å². The molecule has 0 aliphatic carbocycles. The predicted octanol–water partition coefficient (Wildman–Crippen LogP) is 3.82. The summed E-state index contributed by atoms with van der Waals surface area (Å²) in [4.78, 5) is 11.6. The molecule has 0 amide bonds. The van der Waals surface area contributed by atoms with Crippen LogP contribution in [0.3, 0.4) is 0 Å². The molecular formula is C20H21ClFNO5S. The van der Waals surface area contributed by atoms with Crippen LogP contribution in [0.25, 0.3) is 0 Å². The number of nitrogens with zero attached hydrogens (tertiary/aromatic N) is 1. The van der Waals surface area contributed by atoms with Crippen LogP contribution in [0, 0.1) is 0 Å². The zero-order valence-corrected chi connectivity index (χ0v) is 17.1. The molecule has 29 heavy (non-hydrogen) atoms. The Hall–Kier alpha value is -2.42. The lowest BCUT2D eigenvalue weighted by atomic mass is 10.1. The van der Waals surface area contributed by atoms with Crippen molar-refractivity contribution in [2.75, 3.05) is 12.5 Å². The molecule has 156 valence electrons. The quantitative estimate of drug-likeness (QED) is 0.536. The molecule has 0 aliphatic heterocycles. The van der Waals surface area contributed by atoms with Gasteiger partial charge in [-0.2, -0.15) is 4.31 Å². The van der Waals surface area contributed by atoms with Gasteiger partial charge in [0.2, 0.25) is 10.0 Å². The van der Waals surface area contributed by atoms with Gasteiger partial charge in [-0.25, -0.2) is 12.8 Å².